The number of nitrogens with zero attached hydrogens (tertiary/aromatic N) is 1. The highest BCUT2D eigenvalue weighted by Gasteiger charge is 2.36. The quantitative estimate of drug-likeness (QED) is 0.194. The standard InChI is InChI=1S/C27H19Br2ClN2O6S/c1-37-23-10-15(2-9-22(23)38-14-25(34)31-18-7-8-19(29)20(30)12-18)11-24-26(35)32(27(36)39-24)13-21(33)16-3-5-17(28)6-4-16/h2-12H,13-14H2,1H3,(H,31,34)/b24-11+. The molecule has 3 aromatic rings. The van der Waals surface area contributed by atoms with Gasteiger partial charge >= 0.3 is 0 Å². The van der Waals surface area contributed by atoms with Crippen LogP contribution < -0.4 is 14.8 Å². The van der Waals surface area contributed by atoms with Crippen molar-refractivity contribution in [2.75, 3.05) is 25.6 Å². The number of ether oxygens (including phenoxy) is 2. The number of carbonyl (C=O) groups excluding carboxylic acids is 4. The third kappa shape index (κ3) is 7.30. The molecule has 0 bridgehead atoms. The first kappa shape index (κ1) is 28.9. The van der Waals surface area contributed by atoms with Crippen LogP contribution in [-0.2, 0) is 9.59 Å². The van der Waals surface area contributed by atoms with E-state index < -0.39 is 17.1 Å². The van der Waals surface area contributed by atoms with E-state index in [1.54, 1.807) is 60.7 Å². The van der Waals surface area contributed by atoms with E-state index in [1.165, 1.54) is 13.2 Å². The monoisotopic (exact) mass is 692 g/mol. The number of Topliss-reactive ketones (excluding diaryl/α,β-unsaturated/α-hetero) is 1. The van der Waals surface area contributed by atoms with Crippen molar-refractivity contribution in [2.45, 2.75) is 0 Å². The lowest BCUT2D eigenvalue weighted by molar-refractivity contribution is -0.122. The van der Waals surface area contributed by atoms with Crippen LogP contribution in [0, 0.1) is 0 Å². The number of benzene rings is 3. The molecule has 1 fully saturated rings. The average Bonchev–Trinajstić information content (AvgIpc) is 3.17. The molecule has 1 N–H and O–H groups in total. The van der Waals surface area contributed by atoms with Crippen LogP contribution >= 0.6 is 55.2 Å². The Balaban J connectivity index is 1.40. The number of ketones is 1. The van der Waals surface area contributed by atoms with E-state index >= 15 is 0 Å². The molecule has 0 aliphatic carbocycles. The summed E-state index contributed by atoms with van der Waals surface area (Å²) in [5.41, 5.74) is 1.49. The van der Waals surface area contributed by atoms with Crippen molar-refractivity contribution in [2.24, 2.45) is 0 Å². The Morgan fingerprint density at radius 2 is 1.77 bits per heavy atom. The fourth-order valence-electron chi connectivity index (χ4n) is 3.47. The third-order valence-corrected chi connectivity index (χ3v) is 8.06. The van der Waals surface area contributed by atoms with E-state index in [-0.39, 0.29) is 23.8 Å². The Bertz CT molecular complexity index is 1500. The Kier molecular flexibility index (Phi) is 9.49. The number of rotatable bonds is 9. The number of carbonyl (C=O) groups is 4. The normalized spacial score (nSPS) is 14.1. The zero-order valence-electron chi connectivity index (χ0n) is 20.2. The maximum absolute atomic E-state index is 12.9. The van der Waals surface area contributed by atoms with Crippen LogP contribution in [0.3, 0.4) is 0 Å². The first-order valence-electron chi connectivity index (χ1n) is 11.2. The first-order valence-corrected chi connectivity index (χ1v) is 14.0. The molecule has 1 saturated heterocycles. The van der Waals surface area contributed by atoms with Crippen LogP contribution in [0.25, 0.3) is 6.08 Å². The van der Waals surface area contributed by atoms with Gasteiger partial charge in [-0.1, -0.05) is 45.7 Å². The number of imide groups is 1. The van der Waals surface area contributed by atoms with Crippen molar-refractivity contribution < 1.29 is 28.7 Å². The highest BCUT2D eigenvalue weighted by molar-refractivity contribution is 9.10. The van der Waals surface area contributed by atoms with Crippen LogP contribution in [-0.4, -0.2) is 48.0 Å². The molecule has 1 heterocycles. The summed E-state index contributed by atoms with van der Waals surface area (Å²) in [6.45, 7) is -0.636. The lowest BCUT2D eigenvalue weighted by Gasteiger charge is -2.12. The molecule has 39 heavy (non-hydrogen) atoms. The molecule has 4 rings (SSSR count). The minimum atomic E-state index is -0.556. The molecule has 0 unspecified atom stereocenters. The van der Waals surface area contributed by atoms with Gasteiger partial charge in [-0.3, -0.25) is 24.1 Å². The van der Waals surface area contributed by atoms with Gasteiger partial charge in [-0.15, -0.1) is 0 Å². The van der Waals surface area contributed by atoms with Gasteiger partial charge in [-0.2, -0.15) is 0 Å². The van der Waals surface area contributed by atoms with Gasteiger partial charge in [0.2, 0.25) is 0 Å². The van der Waals surface area contributed by atoms with Crippen molar-refractivity contribution in [3.8, 4) is 11.5 Å². The topological polar surface area (TPSA) is 102 Å². The molecule has 12 heteroatoms. The van der Waals surface area contributed by atoms with Crippen LogP contribution in [0.5, 0.6) is 11.5 Å². The second-order valence-electron chi connectivity index (χ2n) is 8.07. The smallest absolute Gasteiger partial charge is 0.293 e. The second-order valence-corrected chi connectivity index (χ2v) is 11.2. The molecule has 0 radical (unpaired) electrons. The number of halogens is 3. The number of nitrogens with one attached hydrogen (secondary N) is 1. The summed E-state index contributed by atoms with van der Waals surface area (Å²) in [4.78, 5) is 51.3. The van der Waals surface area contributed by atoms with E-state index in [0.29, 0.717) is 37.8 Å². The van der Waals surface area contributed by atoms with Gasteiger partial charge in [0, 0.05) is 20.2 Å². The highest BCUT2D eigenvalue weighted by atomic mass is 79.9. The Hall–Kier alpha value is -3.12. The number of methoxy groups -OCH3 is 1. The van der Waals surface area contributed by atoms with E-state index in [4.69, 9.17) is 21.1 Å². The number of hydrogen-bond donors (Lipinski definition) is 1. The van der Waals surface area contributed by atoms with Gasteiger partial charge in [0.05, 0.1) is 23.6 Å². The van der Waals surface area contributed by atoms with Crippen molar-refractivity contribution in [3.63, 3.8) is 0 Å². The largest absolute Gasteiger partial charge is 0.493 e. The minimum absolute atomic E-state index is 0.173. The fourth-order valence-corrected chi connectivity index (χ4v) is 5.00. The lowest BCUT2D eigenvalue weighted by Crippen LogP contribution is -2.33. The summed E-state index contributed by atoms with van der Waals surface area (Å²) >= 11 is 13.4. The predicted molar refractivity (Wildman–Crippen MR) is 157 cm³/mol. The third-order valence-electron chi connectivity index (χ3n) is 5.39. The van der Waals surface area contributed by atoms with Gasteiger partial charge in [-0.25, -0.2) is 0 Å². The van der Waals surface area contributed by atoms with Gasteiger partial charge < -0.3 is 14.8 Å². The summed E-state index contributed by atoms with van der Waals surface area (Å²) in [5, 5.41) is 2.63. The summed E-state index contributed by atoms with van der Waals surface area (Å²) in [6.07, 6.45) is 1.53. The minimum Gasteiger partial charge on any atom is -0.493 e. The van der Waals surface area contributed by atoms with Crippen molar-refractivity contribution in [1.82, 2.24) is 4.90 Å². The van der Waals surface area contributed by atoms with Gasteiger partial charge in [-0.05, 0) is 81.8 Å². The molecule has 1 aliphatic heterocycles. The van der Waals surface area contributed by atoms with E-state index in [2.05, 4.69) is 37.2 Å². The van der Waals surface area contributed by atoms with Crippen LogP contribution in [0.4, 0.5) is 10.5 Å². The molecule has 3 amide bonds. The highest BCUT2D eigenvalue weighted by Crippen LogP contribution is 2.35. The molecule has 0 atom stereocenters. The molecule has 1 aliphatic rings. The first-order chi connectivity index (χ1) is 18.6. The Morgan fingerprint density at radius 1 is 1.03 bits per heavy atom. The number of hydrogen-bond acceptors (Lipinski definition) is 7. The Morgan fingerprint density at radius 3 is 2.46 bits per heavy atom. The molecule has 0 aromatic heterocycles. The van der Waals surface area contributed by atoms with E-state index in [9.17, 15) is 19.2 Å². The van der Waals surface area contributed by atoms with Gasteiger partial charge in [0.25, 0.3) is 17.1 Å². The molecule has 200 valence electrons. The average molecular weight is 695 g/mol. The van der Waals surface area contributed by atoms with Crippen LogP contribution in [0.15, 0.2) is 74.5 Å². The molecule has 3 aromatic carbocycles. The molecular weight excluding hydrogens is 676 g/mol. The summed E-state index contributed by atoms with van der Waals surface area (Å²) < 4.78 is 12.5. The summed E-state index contributed by atoms with van der Waals surface area (Å²) in [5.74, 6) is -0.661. The predicted octanol–water partition coefficient (Wildman–Crippen LogP) is 6.81. The zero-order chi connectivity index (χ0) is 28.1. The Labute approximate surface area is 249 Å². The number of amides is 3. The lowest BCUT2D eigenvalue weighted by atomic mass is 10.1. The van der Waals surface area contributed by atoms with Crippen LogP contribution in [0.2, 0.25) is 5.02 Å². The SMILES string of the molecule is COc1cc(/C=C2/SC(=O)N(CC(=O)c3ccc(Br)cc3)C2=O)ccc1OCC(=O)Nc1ccc(Br)c(Cl)c1. The number of anilines is 1. The molecular formula is C27H19Br2ClN2O6S. The molecule has 0 saturated carbocycles. The second kappa shape index (κ2) is 12.8. The zero-order valence-corrected chi connectivity index (χ0v) is 24.9. The van der Waals surface area contributed by atoms with Crippen molar-refractivity contribution >= 4 is 89.8 Å². The van der Waals surface area contributed by atoms with Crippen molar-refractivity contribution in [3.05, 3.63) is 90.7 Å². The van der Waals surface area contributed by atoms with Crippen LogP contribution in [0.1, 0.15) is 15.9 Å². The maximum Gasteiger partial charge on any atom is 0.293 e. The summed E-state index contributed by atoms with van der Waals surface area (Å²) in [6, 6.07) is 16.6. The van der Waals surface area contributed by atoms with Crippen molar-refractivity contribution in [1.29, 1.82) is 0 Å². The maximum atomic E-state index is 12.9. The molecule has 8 nitrogen and oxygen atoms in total. The van der Waals surface area contributed by atoms with Gasteiger partial charge in [0.1, 0.15) is 0 Å². The van der Waals surface area contributed by atoms with E-state index in [0.717, 1.165) is 21.1 Å². The molecule has 0 spiro atoms. The van der Waals surface area contributed by atoms with Gasteiger partial charge in [0.15, 0.2) is 23.9 Å². The summed E-state index contributed by atoms with van der Waals surface area (Å²) in [7, 11) is 1.44. The fraction of sp³-hybridized carbons (Fsp3) is 0.111. The number of thioether (sulfide) groups is 1. The van der Waals surface area contributed by atoms with E-state index in [1.807, 2.05) is 0 Å².